The molecule has 2 aliphatic rings. The van der Waals surface area contributed by atoms with Crippen molar-refractivity contribution in [2.24, 2.45) is 0 Å². The summed E-state index contributed by atoms with van der Waals surface area (Å²) in [5.41, 5.74) is 3.53. The monoisotopic (exact) mass is 351 g/mol. The predicted molar refractivity (Wildman–Crippen MR) is 99.5 cm³/mol. The summed E-state index contributed by atoms with van der Waals surface area (Å²) in [5.74, 6) is 0.784. The van der Waals surface area contributed by atoms with Gasteiger partial charge in [-0.3, -0.25) is 4.79 Å². The molecule has 2 aromatic rings. The summed E-state index contributed by atoms with van der Waals surface area (Å²) in [6, 6.07) is 13.3. The Kier molecular flexibility index (Phi) is 4.24. The molecule has 0 aromatic heterocycles. The maximum absolute atomic E-state index is 12.8. The molecule has 0 saturated carbocycles. The van der Waals surface area contributed by atoms with E-state index in [0.717, 1.165) is 42.0 Å². The molecule has 134 valence electrons. The quantitative estimate of drug-likeness (QED) is 0.888. The fourth-order valence-electron chi connectivity index (χ4n) is 3.71. The highest BCUT2D eigenvalue weighted by Crippen LogP contribution is 2.34. The summed E-state index contributed by atoms with van der Waals surface area (Å²) >= 11 is 0. The van der Waals surface area contributed by atoms with Crippen LogP contribution in [0.25, 0.3) is 0 Å². The molecule has 2 aliphatic heterocycles. The van der Waals surface area contributed by atoms with E-state index in [1.807, 2.05) is 47.4 Å². The number of nitrogens with one attached hydrogen (secondary N) is 2. The van der Waals surface area contributed by atoms with Crippen LogP contribution in [0.1, 0.15) is 30.0 Å². The molecule has 6 nitrogen and oxygen atoms in total. The number of benzene rings is 2. The first-order valence-electron chi connectivity index (χ1n) is 8.78. The lowest BCUT2D eigenvalue weighted by Gasteiger charge is -2.25. The number of methoxy groups -OCH3 is 1. The zero-order chi connectivity index (χ0) is 18.1. The normalized spacial score (nSPS) is 18.4. The van der Waals surface area contributed by atoms with Crippen molar-refractivity contribution in [1.82, 2.24) is 4.90 Å². The number of hydrogen-bond donors (Lipinski definition) is 2. The van der Waals surface area contributed by atoms with E-state index in [-0.39, 0.29) is 18.0 Å². The molecule has 2 N–H and O–H groups in total. The van der Waals surface area contributed by atoms with Crippen molar-refractivity contribution >= 4 is 23.3 Å². The van der Waals surface area contributed by atoms with Gasteiger partial charge in [-0.1, -0.05) is 12.1 Å². The second-order valence-electron chi connectivity index (χ2n) is 6.66. The van der Waals surface area contributed by atoms with Gasteiger partial charge < -0.3 is 20.3 Å². The molecule has 1 saturated heterocycles. The Morgan fingerprint density at radius 2 is 2.15 bits per heavy atom. The van der Waals surface area contributed by atoms with Crippen molar-refractivity contribution < 1.29 is 14.3 Å². The van der Waals surface area contributed by atoms with Gasteiger partial charge in [-0.15, -0.1) is 0 Å². The van der Waals surface area contributed by atoms with Crippen molar-refractivity contribution in [3.05, 3.63) is 53.6 Å². The molecule has 0 aliphatic carbocycles. The summed E-state index contributed by atoms with van der Waals surface area (Å²) in [6.07, 6.45) is 2.26. The number of carbonyl (C=O) groups excluding carboxylic acids is 2. The van der Waals surface area contributed by atoms with Crippen molar-refractivity contribution in [3.8, 4) is 5.75 Å². The fourth-order valence-corrected chi connectivity index (χ4v) is 3.71. The van der Waals surface area contributed by atoms with Crippen LogP contribution in [0.4, 0.5) is 16.2 Å². The molecule has 0 bridgehead atoms. The number of anilines is 2. The van der Waals surface area contributed by atoms with Gasteiger partial charge in [0, 0.05) is 17.9 Å². The van der Waals surface area contributed by atoms with Crippen LogP contribution in [-0.4, -0.2) is 30.5 Å². The molecule has 2 aromatic carbocycles. The van der Waals surface area contributed by atoms with Gasteiger partial charge in [0.25, 0.3) is 0 Å². The van der Waals surface area contributed by atoms with Gasteiger partial charge in [0.2, 0.25) is 5.91 Å². The van der Waals surface area contributed by atoms with E-state index >= 15 is 0 Å². The summed E-state index contributed by atoms with van der Waals surface area (Å²) in [5, 5.41) is 5.77. The predicted octanol–water partition coefficient (Wildman–Crippen LogP) is 3.56. The van der Waals surface area contributed by atoms with Crippen LogP contribution in [-0.2, 0) is 11.2 Å². The van der Waals surface area contributed by atoms with Gasteiger partial charge in [0.1, 0.15) is 5.75 Å². The van der Waals surface area contributed by atoms with Crippen LogP contribution in [0.5, 0.6) is 5.75 Å². The molecule has 3 amide bonds. The Morgan fingerprint density at radius 1 is 1.27 bits per heavy atom. The number of hydrogen-bond acceptors (Lipinski definition) is 3. The number of fused-ring (bicyclic) bond motifs is 1. The summed E-state index contributed by atoms with van der Waals surface area (Å²) in [4.78, 5) is 26.2. The largest absolute Gasteiger partial charge is 0.497 e. The van der Waals surface area contributed by atoms with E-state index in [2.05, 4.69) is 10.6 Å². The number of urea groups is 1. The number of amides is 3. The first kappa shape index (κ1) is 16.4. The zero-order valence-corrected chi connectivity index (χ0v) is 14.6. The minimum absolute atomic E-state index is 0.0129. The minimum Gasteiger partial charge on any atom is -0.497 e. The molecule has 1 unspecified atom stereocenters. The topological polar surface area (TPSA) is 70.7 Å². The van der Waals surface area contributed by atoms with Gasteiger partial charge in [-0.25, -0.2) is 4.79 Å². The lowest BCUT2D eigenvalue weighted by atomic mass is 10.0. The van der Waals surface area contributed by atoms with E-state index in [9.17, 15) is 9.59 Å². The van der Waals surface area contributed by atoms with Crippen LogP contribution >= 0.6 is 0 Å². The fraction of sp³-hybridized carbons (Fsp3) is 0.300. The van der Waals surface area contributed by atoms with E-state index in [4.69, 9.17) is 4.74 Å². The lowest BCUT2D eigenvalue weighted by molar-refractivity contribution is -0.115. The highest BCUT2D eigenvalue weighted by atomic mass is 16.5. The maximum atomic E-state index is 12.8. The second kappa shape index (κ2) is 6.71. The Balaban J connectivity index is 1.50. The molecule has 0 radical (unpaired) electrons. The molecule has 1 fully saturated rings. The number of carbonyl (C=O) groups is 2. The SMILES string of the molecule is COc1cccc(C2CCCN2C(=O)Nc2ccc3c(c2)CC(=O)N3)c1. The van der Waals surface area contributed by atoms with Gasteiger partial charge in [-0.2, -0.15) is 0 Å². The highest BCUT2D eigenvalue weighted by Gasteiger charge is 2.30. The first-order valence-corrected chi connectivity index (χ1v) is 8.78. The third kappa shape index (κ3) is 3.10. The van der Waals surface area contributed by atoms with Crippen molar-refractivity contribution in [2.45, 2.75) is 25.3 Å². The first-order chi connectivity index (χ1) is 12.6. The van der Waals surface area contributed by atoms with Gasteiger partial charge in [-0.05, 0) is 54.3 Å². The number of nitrogens with zero attached hydrogens (tertiary/aromatic N) is 1. The van der Waals surface area contributed by atoms with Crippen molar-refractivity contribution in [3.63, 3.8) is 0 Å². The average molecular weight is 351 g/mol. The molecular weight excluding hydrogens is 330 g/mol. The van der Waals surface area contributed by atoms with Crippen LogP contribution in [0.2, 0.25) is 0 Å². The number of likely N-dealkylation sites (tertiary alicyclic amines) is 1. The van der Waals surface area contributed by atoms with Crippen molar-refractivity contribution in [2.75, 3.05) is 24.3 Å². The Bertz CT molecular complexity index is 865. The molecule has 2 heterocycles. The Morgan fingerprint density at radius 3 is 3.00 bits per heavy atom. The smallest absolute Gasteiger partial charge is 0.322 e. The van der Waals surface area contributed by atoms with Gasteiger partial charge in [0.05, 0.1) is 19.6 Å². The third-order valence-corrected chi connectivity index (χ3v) is 4.97. The van der Waals surface area contributed by atoms with Crippen LogP contribution in [0, 0.1) is 0 Å². The molecule has 26 heavy (non-hydrogen) atoms. The van der Waals surface area contributed by atoms with Crippen molar-refractivity contribution in [1.29, 1.82) is 0 Å². The van der Waals surface area contributed by atoms with Crippen LogP contribution in [0.15, 0.2) is 42.5 Å². The van der Waals surface area contributed by atoms with E-state index < -0.39 is 0 Å². The maximum Gasteiger partial charge on any atom is 0.322 e. The zero-order valence-electron chi connectivity index (χ0n) is 14.6. The van der Waals surface area contributed by atoms with E-state index in [1.54, 1.807) is 7.11 Å². The molecule has 4 rings (SSSR count). The average Bonchev–Trinajstić information content (AvgIpc) is 3.27. The molecule has 0 spiro atoms. The van der Waals surface area contributed by atoms with Gasteiger partial charge in [0.15, 0.2) is 0 Å². The Hall–Kier alpha value is -3.02. The minimum atomic E-state index is -0.118. The number of ether oxygens (including phenoxy) is 1. The molecule has 1 atom stereocenters. The Labute approximate surface area is 152 Å². The van der Waals surface area contributed by atoms with Crippen LogP contribution in [0.3, 0.4) is 0 Å². The molecular formula is C20H21N3O3. The third-order valence-electron chi connectivity index (χ3n) is 4.97. The summed E-state index contributed by atoms with van der Waals surface area (Å²) < 4.78 is 5.30. The summed E-state index contributed by atoms with van der Waals surface area (Å²) in [6.45, 7) is 0.721. The van der Waals surface area contributed by atoms with Crippen LogP contribution < -0.4 is 15.4 Å². The summed E-state index contributed by atoms with van der Waals surface area (Å²) in [7, 11) is 1.64. The lowest BCUT2D eigenvalue weighted by Crippen LogP contribution is -2.34. The van der Waals surface area contributed by atoms with Gasteiger partial charge >= 0.3 is 6.03 Å². The highest BCUT2D eigenvalue weighted by molar-refractivity contribution is 6.00. The standard InChI is InChI=1S/C20H21N3O3/c1-26-16-5-2-4-13(11-16)18-6-3-9-23(18)20(25)21-15-7-8-17-14(10-15)12-19(24)22-17/h2,4-5,7-8,10-11,18H,3,6,9,12H2,1H3,(H,21,25)(H,22,24). The molecule has 6 heteroatoms. The van der Waals surface area contributed by atoms with E-state index in [0.29, 0.717) is 12.1 Å². The second-order valence-corrected chi connectivity index (χ2v) is 6.66. The van der Waals surface area contributed by atoms with E-state index in [1.165, 1.54) is 0 Å². The number of rotatable bonds is 3.